The third-order valence-corrected chi connectivity index (χ3v) is 6.41. The van der Waals surface area contributed by atoms with Gasteiger partial charge in [-0.2, -0.15) is 5.10 Å². The first-order valence-electron chi connectivity index (χ1n) is 11.3. The molecule has 0 unspecified atom stereocenters. The monoisotopic (exact) mass is 471 g/mol. The van der Waals surface area contributed by atoms with E-state index in [1.165, 1.54) is 0 Å². The van der Waals surface area contributed by atoms with Gasteiger partial charge in [0.05, 0.1) is 25.1 Å². The van der Waals surface area contributed by atoms with Crippen molar-refractivity contribution in [3.63, 3.8) is 0 Å². The van der Waals surface area contributed by atoms with Gasteiger partial charge in [0.2, 0.25) is 0 Å². The number of H-pyrrole nitrogens is 1. The van der Waals surface area contributed by atoms with Crippen molar-refractivity contribution in [1.29, 1.82) is 0 Å². The molecule has 1 fully saturated rings. The van der Waals surface area contributed by atoms with E-state index in [9.17, 15) is 8.78 Å². The summed E-state index contributed by atoms with van der Waals surface area (Å²) < 4.78 is 26.5. The maximum absolute atomic E-state index is 13.3. The molecule has 35 heavy (non-hydrogen) atoms. The molecule has 0 spiro atoms. The molecule has 0 amide bonds. The van der Waals surface area contributed by atoms with Gasteiger partial charge in [0.25, 0.3) is 5.92 Å². The molecule has 1 saturated heterocycles. The van der Waals surface area contributed by atoms with Crippen molar-refractivity contribution in [1.82, 2.24) is 30.0 Å². The minimum Gasteiger partial charge on any atom is -0.350 e. The van der Waals surface area contributed by atoms with Crippen molar-refractivity contribution in [2.75, 3.05) is 18.4 Å². The van der Waals surface area contributed by atoms with Gasteiger partial charge in [-0.3, -0.25) is 5.10 Å². The van der Waals surface area contributed by atoms with E-state index >= 15 is 0 Å². The predicted molar refractivity (Wildman–Crippen MR) is 130 cm³/mol. The summed E-state index contributed by atoms with van der Waals surface area (Å²) in [6.07, 6.45) is 5.37. The van der Waals surface area contributed by atoms with Crippen LogP contribution in [0.15, 0.2) is 79.5 Å². The van der Waals surface area contributed by atoms with Crippen LogP contribution in [0.4, 0.5) is 20.3 Å². The second kappa shape index (κ2) is 8.19. The number of rotatable bonds is 6. The van der Waals surface area contributed by atoms with Crippen LogP contribution in [-0.4, -0.2) is 49.0 Å². The minimum absolute atomic E-state index is 0.260. The fourth-order valence-corrected chi connectivity index (χ4v) is 4.48. The van der Waals surface area contributed by atoms with E-state index in [4.69, 9.17) is 4.98 Å². The number of nitrogens with one attached hydrogen (secondary N) is 2. The van der Waals surface area contributed by atoms with Crippen LogP contribution in [0.25, 0.3) is 22.5 Å². The molecule has 4 aromatic rings. The number of fused-ring (bicyclic) bond motifs is 1. The van der Waals surface area contributed by atoms with Crippen LogP contribution >= 0.6 is 0 Å². The number of anilines is 2. The average Bonchev–Trinajstić information content (AvgIpc) is 3.52. The Kier molecular flexibility index (Phi) is 4.98. The molecule has 0 radical (unpaired) electrons. The van der Waals surface area contributed by atoms with Crippen LogP contribution in [0, 0.1) is 0 Å². The quantitative estimate of drug-likeness (QED) is 0.412. The SMILES string of the molecule is C=C(N1Cc2ccc(-c3nccc(Nc4ccc(-c5cn[nH]c5)cc4)n3)cc2C1)N1CC(F)(F)C1. The Balaban J connectivity index is 1.15. The van der Waals surface area contributed by atoms with E-state index in [-0.39, 0.29) is 13.1 Å². The van der Waals surface area contributed by atoms with Gasteiger partial charge in [0.15, 0.2) is 5.82 Å². The summed E-state index contributed by atoms with van der Waals surface area (Å²) in [6.45, 7) is 4.81. The van der Waals surface area contributed by atoms with Crippen molar-refractivity contribution in [2.45, 2.75) is 19.0 Å². The Hall–Kier alpha value is -4.27. The molecule has 2 aliphatic rings. The summed E-state index contributed by atoms with van der Waals surface area (Å²) in [6, 6.07) is 16.0. The fourth-order valence-electron chi connectivity index (χ4n) is 4.48. The Labute approximate surface area is 201 Å². The minimum atomic E-state index is -2.61. The molecular weight excluding hydrogens is 448 g/mol. The van der Waals surface area contributed by atoms with Crippen molar-refractivity contribution in [2.24, 2.45) is 0 Å². The van der Waals surface area contributed by atoms with E-state index in [0.717, 1.165) is 33.5 Å². The van der Waals surface area contributed by atoms with Gasteiger partial charge in [0.1, 0.15) is 5.82 Å². The Morgan fingerprint density at radius 2 is 1.71 bits per heavy atom. The molecule has 0 atom stereocenters. The van der Waals surface area contributed by atoms with E-state index in [0.29, 0.717) is 30.6 Å². The fraction of sp³-hybridized carbons (Fsp3) is 0.192. The highest BCUT2D eigenvalue weighted by Gasteiger charge is 2.45. The number of nitrogens with zero attached hydrogens (tertiary/aromatic N) is 5. The zero-order valence-electron chi connectivity index (χ0n) is 18.9. The van der Waals surface area contributed by atoms with Gasteiger partial charge in [-0.1, -0.05) is 30.8 Å². The number of halogens is 2. The van der Waals surface area contributed by atoms with Crippen LogP contribution in [0.5, 0.6) is 0 Å². The molecule has 6 rings (SSSR count). The number of aromatic amines is 1. The van der Waals surface area contributed by atoms with E-state index < -0.39 is 5.92 Å². The maximum Gasteiger partial charge on any atom is 0.282 e. The molecule has 9 heteroatoms. The topological polar surface area (TPSA) is 73.0 Å². The highest BCUT2D eigenvalue weighted by atomic mass is 19.3. The number of hydrogen-bond acceptors (Lipinski definition) is 6. The average molecular weight is 472 g/mol. The van der Waals surface area contributed by atoms with Crippen molar-refractivity contribution < 1.29 is 8.78 Å². The van der Waals surface area contributed by atoms with Crippen LogP contribution in [-0.2, 0) is 13.1 Å². The largest absolute Gasteiger partial charge is 0.350 e. The zero-order chi connectivity index (χ0) is 24.0. The van der Waals surface area contributed by atoms with E-state index in [2.05, 4.69) is 39.2 Å². The van der Waals surface area contributed by atoms with Crippen molar-refractivity contribution >= 4 is 11.5 Å². The lowest BCUT2D eigenvalue weighted by Crippen LogP contribution is -2.57. The van der Waals surface area contributed by atoms with Gasteiger partial charge in [-0.05, 0) is 41.0 Å². The smallest absolute Gasteiger partial charge is 0.282 e. The predicted octanol–water partition coefficient (Wildman–Crippen LogP) is 5.02. The highest BCUT2D eigenvalue weighted by Crippen LogP contribution is 2.35. The molecule has 2 aromatic heterocycles. The molecule has 2 aliphatic heterocycles. The van der Waals surface area contributed by atoms with Gasteiger partial charge in [0, 0.05) is 42.3 Å². The summed E-state index contributed by atoms with van der Waals surface area (Å²) in [7, 11) is 0. The summed E-state index contributed by atoms with van der Waals surface area (Å²) in [5.41, 5.74) is 6.22. The van der Waals surface area contributed by atoms with Crippen LogP contribution in [0.1, 0.15) is 11.1 Å². The lowest BCUT2D eigenvalue weighted by atomic mass is 10.1. The molecule has 7 nitrogen and oxygen atoms in total. The number of aromatic nitrogens is 4. The Morgan fingerprint density at radius 3 is 2.46 bits per heavy atom. The lowest BCUT2D eigenvalue weighted by Gasteiger charge is -2.44. The molecular formula is C26H23F2N7. The second-order valence-corrected chi connectivity index (χ2v) is 8.92. The standard InChI is InChI=1S/C26H23F2N7/c1-17(35-15-26(27,28)16-35)34-13-20-3-2-19(10-21(20)14-34)25-29-9-8-24(33-25)32-23-6-4-18(5-7-23)22-11-30-31-12-22/h2-12H,1,13-16H2,(H,30,31)(H,29,32,33). The third kappa shape index (κ3) is 4.21. The Bertz CT molecular complexity index is 1380. The maximum atomic E-state index is 13.3. The summed E-state index contributed by atoms with van der Waals surface area (Å²) in [4.78, 5) is 12.8. The van der Waals surface area contributed by atoms with Gasteiger partial charge >= 0.3 is 0 Å². The molecule has 0 bridgehead atoms. The second-order valence-electron chi connectivity index (χ2n) is 8.92. The summed E-state index contributed by atoms with van der Waals surface area (Å²) in [5, 5.41) is 10.1. The van der Waals surface area contributed by atoms with E-state index in [1.54, 1.807) is 17.3 Å². The third-order valence-electron chi connectivity index (χ3n) is 6.41. The van der Waals surface area contributed by atoms with Crippen molar-refractivity contribution in [3.8, 4) is 22.5 Å². The molecule has 4 heterocycles. The summed E-state index contributed by atoms with van der Waals surface area (Å²) >= 11 is 0. The number of likely N-dealkylation sites (tertiary alicyclic amines) is 1. The zero-order valence-corrected chi connectivity index (χ0v) is 18.9. The first-order chi connectivity index (χ1) is 16.9. The van der Waals surface area contributed by atoms with Gasteiger partial charge in [-0.25, -0.2) is 18.7 Å². The van der Waals surface area contributed by atoms with Crippen LogP contribution in [0.3, 0.4) is 0 Å². The van der Waals surface area contributed by atoms with Crippen LogP contribution in [0.2, 0.25) is 0 Å². The number of hydrogen-bond donors (Lipinski definition) is 2. The van der Waals surface area contributed by atoms with Crippen LogP contribution < -0.4 is 5.32 Å². The number of benzene rings is 2. The molecule has 2 N–H and O–H groups in total. The van der Waals surface area contributed by atoms with E-state index in [1.807, 2.05) is 47.5 Å². The van der Waals surface area contributed by atoms with Gasteiger partial charge < -0.3 is 15.1 Å². The first-order valence-corrected chi connectivity index (χ1v) is 11.3. The molecule has 2 aromatic carbocycles. The normalized spacial score (nSPS) is 16.1. The molecule has 0 saturated carbocycles. The number of alkyl halides is 2. The van der Waals surface area contributed by atoms with Gasteiger partial charge in [-0.15, -0.1) is 0 Å². The molecule has 0 aliphatic carbocycles. The first kappa shape index (κ1) is 21.3. The lowest BCUT2D eigenvalue weighted by molar-refractivity contribution is -0.125. The molecule has 176 valence electrons. The highest BCUT2D eigenvalue weighted by molar-refractivity contribution is 5.67. The Morgan fingerprint density at radius 1 is 0.943 bits per heavy atom. The summed E-state index contributed by atoms with van der Waals surface area (Å²) in [5.74, 6) is -0.649. The van der Waals surface area contributed by atoms with Crippen molar-refractivity contribution in [3.05, 3.63) is 90.6 Å².